The molecule has 0 saturated carbocycles. The molecule has 0 spiro atoms. The lowest BCUT2D eigenvalue weighted by molar-refractivity contribution is -0.893. The van der Waals surface area contributed by atoms with Gasteiger partial charge in [0, 0.05) is 6.61 Å². The molecule has 0 fully saturated rings. The smallest absolute Gasteiger partial charge is 0.333 e. The molecule has 0 aliphatic carbocycles. The predicted molar refractivity (Wildman–Crippen MR) is 149 cm³/mol. The van der Waals surface area contributed by atoms with Crippen LogP contribution >= 0.6 is 7.60 Å². The van der Waals surface area contributed by atoms with Gasteiger partial charge >= 0.3 is 7.60 Å². The highest BCUT2D eigenvalue weighted by molar-refractivity contribution is 7.52. The van der Waals surface area contributed by atoms with Gasteiger partial charge in [0.25, 0.3) is 6.47 Å². The summed E-state index contributed by atoms with van der Waals surface area (Å²) in [5.41, 5.74) is 0. The van der Waals surface area contributed by atoms with Crippen molar-refractivity contribution in [2.24, 2.45) is 0 Å². The maximum atomic E-state index is 12.2. The van der Waals surface area contributed by atoms with E-state index in [1.54, 1.807) is 0 Å². The Kier molecular flexibility index (Phi) is 25.8. The lowest BCUT2D eigenvalue weighted by Gasteiger charge is -2.20. The van der Waals surface area contributed by atoms with Gasteiger partial charge in [-0.1, -0.05) is 103 Å². The maximum absolute atomic E-state index is 12.2. The summed E-state index contributed by atoms with van der Waals surface area (Å²) in [4.78, 5) is 22.0. The molecule has 0 aliphatic rings. The number of rotatable bonds is 29. The van der Waals surface area contributed by atoms with E-state index in [0.717, 1.165) is 25.9 Å². The second kappa shape index (κ2) is 26.2. The summed E-state index contributed by atoms with van der Waals surface area (Å²) < 4.78 is 28.0. The second-order valence-corrected chi connectivity index (χ2v) is 12.1. The molecule has 2 N–H and O–H groups in total. The van der Waals surface area contributed by atoms with Crippen molar-refractivity contribution in [2.75, 3.05) is 45.6 Å². The Hall–Kier alpha value is -0.460. The number of unbranched alkanes of at least 4 members (excludes halogenated alkanes) is 15. The molecule has 2 unspecified atom stereocenters. The molecule has 2 atom stereocenters. The highest BCUT2D eigenvalue weighted by Gasteiger charge is 2.24. The lowest BCUT2D eigenvalue weighted by atomic mass is 10.0. The molecule has 0 heterocycles. The van der Waals surface area contributed by atoms with Crippen LogP contribution in [0.25, 0.3) is 0 Å². The summed E-state index contributed by atoms with van der Waals surface area (Å²) in [5, 5.41) is 0. The van der Waals surface area contributed by atoms with Crippen molar-refractivity contribution in [1.29, 1.82) is 0 Å². The van der Waals surface area contributed by atoms with Gasteiger partial charge in [-0.2, -0.15) is 0 Å². The predicted octanol–water partition coefficient (Wildman–Crippen LogP) is 5.93. The van der Waals surface area contributed by atoms with E-state index in [1.165, 1.54) is 94.8 Å². The van der Waals surface area contributed by atoms with E-state index in [2.05, 4.69) is 6.92 Å². The normalized spacial score (nSPS) is 14.1. The van der Waals surface area contributed by atoms with E-state index in [1.807, 2.05) is 13.8 Å². The first kappa shape index (κ1) is 35.5. The van der Waals surface area contributed by atoms with Crippen molar-refractivity contribution < 1.29 is 33.2 Å². The standard InChI is InChI=1S/C28H58NO6P/c1-4-7-8-9-10-11-12-13-14-15-16-17-18-19-20-21-23-33-25-28(34-27-30)26-35-36(31,32)24-22-29(5-2)6-3/h27-28H,4-26H2,1-3H3,(H,31,32)/p+1. The Morgan fingerprint density at radius 2 is 1.22 bits per heavy atom. The van der Waals surface area contributed by atoms with E-state index < -0.39 is 13.7 Å². The molecule has 0 saturated heterocycles. The molecule has 0 bridgehead atoms. The monoisotopic (exact) mass is 536 g/mol. The zero-order valence-electron chi connectivity index (χ0n) is 23.9. The minimum Gasteiger partial charge on any atom is -0.460 e. The molecule has 8 heteroatoms. The molecule has 0 radical (unpaired) electrons. The van der Waals surface area contributed by atoms with Crippen LogP contribution in [0.3, 0.4) is 0 Å². The zero-order valence-corrected chi connectivity index (χ0v) is 24.7. The van der Waals surface area contributed by atoms with E-state index in [4.69, 9.17) is 14.0 Å². The minimum atomic E-state index is -3.70. The second-order valence-electron chi connectivity index (χ2n) is 10.1. The number of ether oxygens (including phenoxy) is 2. The molecule has 7 nitrogen and oxygen atoms in total. The van der Waals surface area contributed by atoms with Gasteiger partial charge in [-0.15, -0.1) is 0 Å². The summed E-state index contributed by atoms with van der Waals surface area (Å²) in [7, 11) is -3.70. The van der Waals surface area contributed by atoms with Gasteiger partial charge < -0.3 is 23.8 Å². The Balaban J connectivity index is 3.61. The molecule has 0 rings (SSSR count). The van der Waals surface area contributed by atoms with Gasteiger partial charge in [0.15, 0.2) is 0 Å². The number of hydrogen-bond acceptors (Lipinski definition) is 5. The maximum Gasteiger partial charge on any atom is 0.333 e. The van der Waals surface area contributed by atoms with Crippen LogP contribution in [0.1, 0.15) is 124 Å². The zero-order chi connectivity index (χ0) is 26.7. The molecule has 36 heavy (non-hydrogen) atoms. The third-order valence-corrected chi connectivity index (χ3v) is 8.25. The summed E-state index contributed by atoms with van der Waals surface area (Å²) in [6.07, 6.45) is 20.7. The van der Waals surface area contributed by atoms with Crippen LogP contribution < -0.4 is 4.90 Å². The largest absolute Gasteiger partial charge is 0.460 e. The third kappa shape index (κ3) is 23.9. The Bertz CT molecular complexity index is 518. The van der Waals surface area contributed by atoms with Crippen LogP contribution in [0.5, 0.6) is 0 Å². The molecule has 0 aliphatic heterocycles. The fraction of sp³-hybridized carbons (Fsp3) is 0.964. The number of carbonyl (C=O) groups excluding carboxylic acids is 1. The molecule has 0 aromatic heterocycles. The fourth-order valence-corrected chi connectivity index (χ4v) is 5.47. The van der Waals surface area contributed by atoms with Crippen LogP contribution in [0, 0.1) is 0 Å². The molecule has 0 amide bonds. The Labute approximate surface area is 222 Å². The Morgan fingerprint density at radius 1 is 0.750 bits per heavy atom. The first-order chi connectivity index (χ1) is 17.5. The lowest BCUT2D eigenvalue weighted by Crippen LogP contribution is -3.11. The fourth-order valence-electron chi connectivity index (χ4n) is 4.34. The van der Waals surface area contributed by atoms with Crippen molar-refractivity contribution in [3.63, 3.8) is 0 Å². The van der Waals surface area contributed by atoms with Crippen molar-refractivity contribution in [1.82, 2.24) is 0 Å². The highest BCUT2D eigenvalue weighted by Crippen LogP contribution is 2.40. The summed E-state index contributed by atoms with van der Waals surface area (Å²) in [6.45, 7) is 9.75. The average Bonchev–Trinajstić information content (AvgIpc) is 2.87. The quantitative estimate of drug-likeness (QED) is 0.0700. The SMILES string of the molecule is CCCCCCCCCCCCCCCCCCOCC(COP(=O)(O)CC[NH+](CC)CC)OC=O. The van der Waals surface area contributed by atoms with Crippen LogP contribution in [0.2, 0.25) is 0 Å². The van der Waals surface area contributed by atoms with E-state index in [9.17, 15) is 14.3 Å². The van der Waals surface area contributed by atoms with E-state index >= 15 is 0 Å². The van der Waals surface area contributed by atoms with Gasteiger partial charge in [0.2, 0.25) is 0 Å². The van der Waals surface area contributed by atoms with Gasteiger partial charge in [0.05, 0.1) is 39.0 Å². The minimum absolute atomic E-state index is 0.0951. The highest BCUT2D eigenvalue weighted by atomic mass is 31.2. The summed E-state index contributed by atoms with van der Waals surface area (Å²) in [5.74, 6) is 0. The first-order valence-electron chi connectivity index (χ1n) is 15.0. The molecule has 0 aromatic carbocycles. The number of hydrogen-bond donors (Lipinski definition) is 2. The molecular formula is C28H59NO6P+. The van der Waals surface area contributed by atoms with Crippen LogP contribution in [0.4, 0.5) is 0 Å². The van der Waals surface area contributed by atoms with E-state index in [-0.39, 0.29) is 19.4 Å². The summed E-state index contributed by atoms with van der Waals surface area (Å²) in [6, 6.07) is 0. The van der Waals surface area contributed by atoms with Crippen LogP contribution in [-0.2, 0) is 23.4 Å². The number of carbonyl (C=O) groups is 1. The topological polar surface area (TPSA) is 86.5 Å². The molecule has 0 aromatic rings. The van der Waals surface area contributed by atoms with Gasteiger partial charge in [-0.05, 0) is 20.3 Å². The first-order valence-corrected chi connectivity index (χ1v) is 16.7. The Morgan fingerprint density at radius 3 is 1.67 bits per heavy atom. The van der Waals surface area contributed by atoms with Gasteiger partial charge in [0.1, 0.15) is 6.10 Å². The van der Waals surface area contributed by atoms with Gasteiger partial charge in [-0.3, -0.25) is 9.36 Å². The summed E-state index contributed by atoms with van der Waals surface area (Å²) >= 11 is 0. The van der Waals surface area contributed by atoms with Crippen molar-refractivity contribution in [3.05, 3.63) is 0 Å². The average molecular weight is 537 g/mol. The van der Waals surface area contributed by atoms with Crippen LogP contribution in [-0.4, -0.2) is 63.1 Å². The number of nitrogens with one attached hydrogen (secondary N) is 1. The van der Waals surface area contributed by atoms with E-state index in [0.29, 0.717) is 19.6 Å². The molecule has 216 valence electrons. The van der Waals surface area contributed by atoms with Crippen molar-refractivity contribution >= 4 is 14.1 Å². The van der Waals surface area contributed by atoms with Crippen LogP contribution in [0.15, 0.2) is 0 Å². The van der Waals surface area contributed by atoms with Crippen molar-refractivity contribution in [2.45, 2.75) is 130 Å². The van der Waals surface area contributed by atoms with Crippen molar-refractivity contribution in [3.8, 4) is 0 Å². The third-order valence-electron chi connectivity index (χ3n) is 6.90. The number of quaternary nitrogens is 1. The molecular weight excluding hydrogens is 477 g/mol. The van der Waals surface area contributed by atoms with Gasteiger partial charge in [-0.25, -0.2) is 0 Å².